The van der Waals surface area contributed by atoms with E-state index in [0.29, 0.717) is 17.2 Å². The van der Waals surface area contributed by atoms with Gasteiger partial charge in [0.1, 0.15) is 17.6 Å². The molecule has 0 saturated heterocycles. The molecule has 0 saturated carbocycles. The first-order valence-electron chi connectivity index (χ1n) is 9.13. The number of nitrogens with one attached hydrogen (secondary N) is 1. The molecule has 0 heterocycles. The maximum Gasteiger partial charge on any atom is 0.248 e. The fourth-order valence-corrected chi connectivity index (χ4v) is 4.10. The molecule has 1 N–H and O–H groups in total. The molecule has 3 aromatic carbocycles. The highest BCUT2D eigenvalue weighted by atomic mass is 32.2. The lowest BCUT2D eigenvalue weighted by molar-refractivity contribution is -0.116. The van der Waals surface area contributed by atoms with Crippen LogP contribution >= 0.6 is 0 Å². The highest BCUT2D eigenvalue weighted by Crippen LogP contribution is 2.30. The number of sulfonamides is 1. The SMILES string of the molecule is C[C@@H](C(=O)Nc1ccccc1Oc1ccccc1)N(c1cccc(F)c1)S(C)(=O)=O. The smallest absolute Gasteiger partial charge is 0.248 e. The monoisotopic (exact) mass is 428 g/mol. The Morgan fingerprint density at radius 3 is 2.33 bits per heavy atom. The largest absolute Gasteiger partial charge is 0.455 e. The number of anilines is 2. The van der Waals surface area contributed by atoms with Crippen molar-refractivity contribution >= 4 is 27.3 Å². The molecular formula is C22H21FN2O4S. The van der Waals surface area contributed by atoms with Crippen LogP contribution in [0.25, 0.3) is 0 Å². The van der Waals surface area contributed by atoms with Crippen molar-refractivity contribution < 1.29 is 22.3 Å². The third-order valence-corrected chi connectivity index (χ3v) is 5.51. The van der Waals surface area contributed by atoms with E-state index in [-0.39, 0.29) is 5.69 Å². The minimum Gasteiger partial charge on any atom is -0.455 e. The van der Waals surface area contributed by atoms with Crippen LogP contribution in [0.3, 0.4) is 0 Å². The van der Waals surface area contributed by atoms with Gasteiger partial charge in [-0.15, -0.1) is 0 Å². The van der Waals surface area contributed by atoms with Gasteiger partial charge in [-0.3, -0.25) is 9.10 Å². The number of hydrogen-bond donors (Lipinski definition) is 1. The van der Waals surface area contributed by atoms with Crippen molar-refractivity contribution in [3.8, 4) is 11.5 Å². The molecule has 6 nitrogen and oxygen atoms in total. The van der Waals surface area contributed by atoms with E-state index in [1.165, 1.54) is 25.1 Å². The Morgan fingerprint density at radius 1 is 1.00 bits per heavy atom. The van der Waals surface area contributed by atoms with Gasteiger partial charge in [-0.05, 0) is 49.4 Å². The quantitative estimate of drug-likeness (QED) is 0.605. The lowest BCUT2D eigenvalue weighted by Gasteiger charge is -2.28. The van der Waals surface area contributed by atoms with Gasteiger partial charge in [0.2, 0.25) is 15.9 Å². The average molecular weight is 428 g/mol. The number of carbonyl (C=O) groups is 1. The molecule has 0 aromatic heterocycles. The van der Waals surface area contributed by atoms with Gasteiger partial charge in [0, 0.05) is 0 Å². The number of nitrogens with zero attached hydrogens (tertiary/aromatic N) is 1. The third kappa shape index (κ3) is 5.15. The van der Waals surface area contributed by atoms with Crippen LogP contribution in [0.4, 0.5) is 15.8 Å². The lowest BCUT2D eigenvalue weighted by atomic mass is 10.2. The second kappa shape index (κ2) is 8.96. The lowest BCUT2D eigenvalue weighted by Crippen LogP contribution is -2.45. The number of halogens is 1. The normalized spacial score (nSPS) is 12.1. The van der Waals surface area contributed by atoms with Gasteiger partial charge in [-0.1, -0.05) is 36.4 Å². The van der Waals surface area contributed by atoms with Crippen LogP contribution in [0, 0.1) is 5.82 Å². The Balaban J connectivity index is 1.86. The first kappa shape index (κ1) is 21.3. The van der Waals surface area contributed by atoms with E-state index in [1.54, 1.807) is 36.4 Å². The molecule has 156 valence electrons. The van der Waals surface area contributed by atoms with E-state index in [2.05, 4.69) is 5.32 Å². The van der Waals surface area contributed by atoms with Gasteiger partial charge in [0.05, 0.1) is 17.6 Å². The van der Waals surface area contributed by atoms with Crippen LogP contribution in [0.2, 0.25) is 0 Å². The summed E-state index contributed by atoms with van der Waals surface area (Å²) in [5, 5.41) is 2.70. The molecule has 0 radical (unpaired) electrons. The van der Waals surface area contributed by atoms with E-state index in [4.69, 9.17) is 4.74 Å². The maximum atomic E-state index is 13.6. The molecule has 0 aliphatic rings. The van der Waals surface area contributed by atoms with Crippen LogP contribution in [-0.4, -0.2) is 26.6 Å². The number of amides is 1. The van der Waals surface area contributed by atoms with Gasteiger partial charge in [0.25, 0.3) is 0 Å². The summed E-state index contributed by atoms with van der Waals surface area (Å²) in [6, 6.07) is 19.8. The van der Waals surface area contributed by atoms with Crippen molar-refractivity contribution in [3.63, 3.8) is 0 Å². The highest BCUT2D eigenvalue weighted by Gasteiger charge is 2.29. The van der Waals surface area contributed by atoms with Crippen molar-refractivity contribution in [1.82, 2.24) is 0 Å². The van der Waals surface area contributed by atoms with Crippen molar-refractivity contribution in [3.05, 3.63) is 84.7 Å². The predicted molar refractivity (Wildman–Crippen MR) is 115 cm³/mol. The Hall–Kier alpha value is -3.39. The van der Waals surface area contributed by atoms with E-state index in [1.807, 2.05) is 18.2 Å². The Bertz CT molecular complexity index is 1140. The molecule has 1 amide bonds. The standard InChI is InChI=1S/C22H21FN2O4S/c1-16(25(30(2,27)28)18-10-8-9-17(23)15-18)22(26)24-20-13-6-7-14-21(20)29-19-11-4-3-5-12-19/h3-16H,1-2H3,(H,24,26)/t16-/m0/s1. The minimum absolute atomic E-state index is 0.0639. The van der Waals surface area contributed by atoms with E-state index in [0.717, 1.165) is 16.6 Å². The zero-order chi connectivity index (χ0) is 21.7. The second-order valence-corrected chi connectivity index (χ2v) is 8.47. The van der Waals surface area contributed by atoms with Gasteiger partial charge in [-0.25, -0.2) is 12.8 Å². The fraction of sp³-hybridized carbons (Fsp3) is 0.136. The number of ether oxygens (including phenoxy) is 1. The van der Waals surface area contributed by atoms with E-state index < -0.39 is 27.8 Å². The first-order chi connectivity index (χ1) is 14.3. The molecule has 30 heavy (non-hydrogen) atoms. The molecule has 8 heteroatoms. The molecule has 0 fully saturated rings. The second-order valence-electron chi connectivity index (χ2n) is 6.62. The number of rotatable bonds is 7. The maximum absolute atomic E-state index is 13.6. The molecule has 0 aliphatic carbocycles. The average Bonchev–Trinajstić information content (AvgIpc) is 2.69. The summed E-state index contributed by atoms with van der Waals surface area (Å²) in [6.45, 7) is 1.43. The Kier molecular flexibility index (Phi) is 6.37. The molecule has 3 rings (SSSR count). The van der Waals surface area contributed by atoms with Crippen molar-refractivity contribution in [2.24, 2.45) is 0 Å². The molecule has 0 bridgehead atoms. The fourth-order valence-electron chi connectivity index (χ4n) is 2.93. The molecule has 0 aliphatic heterocycles. The summed E-state index contributed by atoms with van der Waals surface area (Å²) in [6.07, 6.45) is 0.966. The van der Waals surface area contributed by atoms with Crippen LogP contribution in [-0.2, 0) is 14.8 Å². The van der Waals surface area contributed by atoms with Crippen molar-refractivity contribution in [1.29, 1.82) is 0 Å². The summed E-state index contributed by atoms with van der Waals surface area (Å²) in [4.78, 5) is 12.9. The summed E-state index contributed by atoms with van der Waals surface area (Å²) in [7, 11) is -3.86. The number of para-hydroxylation sites is 3. The van der Waals surface area contributed by atoms with E-state index in [9.17, 15) is 17.6 Å². The molecule has 3 aromatic rings. The van der Waals surface area contributed by atoms with Crippen molar-refractivity contribution in [2.75, 3.05) is 15.9 Å². The highest BCUT2D eigenvalue weighted by molar-refractivity contribution is 7.92. The molecule has 0 unspecified atom stereocenters. The van der Waals surface area contributed by atoms with Gasteiger partial charge in [-0.2, -0.15) is 0 Å². The zero-order valence-corrected chi connectivity index (χ0v) is 17.3. The summed E-state index contributed by atoms with van der Waals surface area (Å²) in [5.74, 6) is -0.199. The molecular weight excluding hydrogens is 407 g/mol. The first-order valence-corrected chi connectivity index (χ1v) is 11.0. The summed E-state index contributed by atoms with van der Waals surface area (Å²) in [5.41, 5.74) is 0.444. The van der Waals surface area contributed by atoms with Crippen LogP contribution in [0.5, 0.6) is 11.5 Å². The Morgan fingerprint density at radius 2 is 1.67 bits per heavy atom. The zero-order valence-electron chi connectivity index (χ0n) is 16.4. The summed E-state index contributed by atoms with van der Waals surface area (Å²) >= 11 is 0. The van der Waals surface area contributed by atoms with Gasteiger partial charge >= 0.3 is 0 Å². The topological polar surface area (TPSA) is 75.7 Å². The van der Waals surface area contributed by atoms with Crippen LogP contribution < -0.4 is 14.4 Å². The predicted octanol–water partition coefficient (Wildman–Crippen LogP) is 4.41. The van der Waals surface area contributed by atoms with E-state index >= 15 is 0 Å². The summed E-state index contributed by atoms with van der Waals surface area (Å²) < 4.78 is 45.0. The third-order valence-electron chi connectivity index (χ3n) is 4.27. The molecule has 0 spiro atoms. The van der Waals surface area contributed by atoms with Gasteiger partial charge < -0.3 is 10.1 Å². The number of hydrogen-bond acceptors (Lipinski definition) is 4. The van der Waals surface area contributed by atoms with Crippen molar-refractivity contribution in [2.45, 2.75) is 13.0 Å². The number of benzene rings is 3. The number of carbonyl (C=O) groups excluding carboxylic acids is 1. The van der Waals surface area contributed by atoms with Crippen LogP contribution in [0.1, 0.15) is 6.92 Å². The minimum atomic E-state index is -3.86. The van der Waals surface area contributed by atoms with Crippen LogP contribution in [0.15, 0.2) is 78.9 Å². The Labute approximate surface area is 175 Å². The van der Waals surface area contributed by atoms with Gasteiger partial charge in [0.15, 0.2) is 5.75 Å². The molecule has 1 atom stereocenters.